The smallest absolute Gasteiger partial charge is 0.408 e. The van der Waals surface area contributed by atoms with Crippen LogP contribution in [0.3, 0.4) is 0 Å². The summed E-state index contributed by atoms with van der Waals surface area (Å²) in [6.07, 6.45) is -1.88. The van der Waals surface area contributed by atoms with Crippen molar-refractivity contribution in [2.24, 2.45) is 10.7 Å². The lowest BCUT2D eigenvalue weighted by Crippen LogP contribution is -2.54. The maximum Gasteiger partial charge on any atom is 0.408 e. The number of benzene rings is 2. The van der Waals surface area contributed by atoms with Gasteiger partial charge in [-0.05, 0) is 43.9 Å². The first-order valence-electron chi connectivity index (χ1n) is 13.6. The number of nitrogens with one attached hydrogen (secondary N) is 4. The largest absolute Gasteiger partial charge is 0.481 e. The van der Waals surface area contributed by atoms with Gasteiger partial charge in [-0.1, -0.05) is 48.0 Å². The van der Waals surface area contributed by atoms with E-state index in [2.05, 4.69) is 25.7 Å². The molecule has 0 saturated heterocycles. The third-order valence-electron chi connectivity index (χ3n) is 6.02. The first kappa shape index (κ1) is 36.0. The highest BCUT2D eigenvalue weighted by molar-refractivity contribution is 7.90. The van der Waals surface area contributed by atoms with Crippen LogP contribution >= 0.6 is 0 Å². The summed E-state index contributed by atoms with van der Waals surface area (Å²) in [7, 11) is -3.99. The van der Waals surface area contributed by atoms with Crippen molar-refractivity contribution in [3.8, 4) is 0 Å². The zero-order valence-corrected chi connectivity index (χ0v) is 25.2. The molecule has 0 unspecified atom stereocenters. The number of rotatable bonds is 17. The molecular weight excluding hydrogens is 612 g/mol. The number of guanidine groups is 1. The zero-order chi connectivity index (χ0) is 33.4. The van der Waals surface area contributed by atoms with Gasteiger partial charge < -0.3 is 36.6 Å². The van der Waals surface area contributed by atoms with Gasteiger partial charge in [-0.2, -0.15) is 0 Å². The van der Waals surface area contributed by atoms with Crippen LogP contribution in [0.5, 0.6) is 0 Å². The number of hydrogen-bond acceptors (Lipinski definition) is 9. The van der Waals surface area contributed by atoms with Crippen molar-refractivity contribution in [3.05, 3.63) is 65.7 Å². The van der Waals surface area contributed by atoms with Crippen LogP contribution in [0, 0.1) is 6.92 Å². The van der Waals surface area contributed by atoms with Crippen LogP contribution in [-0.2, 0) is 40.5 Å². The Bertz CT molecular complexity index is 1470. The van der Waals surface area contributed by atoms with E-state index >= 15 is 0 Å². The number of hydrogen-bond donors (Lipinski definition) is 7. The molecule has 16 nitrogen and oxygen atoms in total. The highest BCUT2D eigenvalue weighted by Crippen LogP contribution is 2.10. The summed E-state index contributed by atoms with van der Waals surface area (Å²) in [5, 5.41) is 24.9. The number of carbonyl (C=O) groups is 5. The van der Waals surface area contributed by atoms with Crippen LogP contribution in [0.25, 0.3) is 0 Å². The zero-order valence-electron chi connectivity index (χ0n) is 24.4. The van der Waals surface area contributed by atoms with Crippen molar-refractivity contribution in [1.29, 1.82) is 0 Å². The Morgan fingerprint density at radius 2 is 1.53 bits per heavy atom. The van der Waals surface area contributed by atoms with E-state index in [1.54, 1.807) is 49.4 Å². The number of aryl methyl sites for hydroxylation is 1. The normalized spacial score (nSPS) is 12.7. The molecule has 8 N–H and O–H groups in total. The van der Waals surface area contributed by atoms with E-state index < -0.39 is 70.9 Å². The number of amides is 3. The van der Waals surface area contributed by atoms with E-state index in [0.29, 0.717) is 5.56 Å². The Hall–Kier alpha value is -5.19. The molecule has 244 valence electrons. The molecule has 0 spiro atoms. The Morgan fingerprint density at radius 3 is 2.16 bits per heavy atom. The lowest BCUT2D eigenvalue weighted by molar-refractivity contribution is -0.138. The molecule has 2 atom stereocenters. The fourth-order valence-electron chi connectivity index (χ4n) is 3.71. The van der Waals surface area contributed by atoms with Crippen LogP contribution in [0.15, 0.2) is 64.5 Å². The van der Waals surface area contributed by atoms with Crippen LogP contribution in [-0.4, -0.2) is 79.6 Å². The fourth-order valence-corrected chi connectivity index (χ4v) is 4.66. The monoisotopic (exact) mass is 648 g/mol. The van der Waals surface area contributed by atoms with E-state index in [1.807, 2.05) is 0 Å². The summed E-state index contributed by atoms with van der Waals surface area (Å²) in [5.74, 6) is -4.78. The second-order valence-corrected chi connectivity index (χ2v) is 11.4. The first-order valence-corrected chi connectivity index (χ1v) is 15.1. The summed E-state index contributed by atoms with van der Waals surface area (Å²) in [6.45, 7) is 0.840. The second kappa shape index (κ2) is 17.8. The van der Waals surface area contributed by atoms with Crippen molar-refractivity contribution in [1.82, 2.24) is 20.7 Å². The molecule has 45 heavy (non-hydrogen) atoms. The lowest BCUT2D eigenvalue weighted by Gasteiger charge is -2.22. The third kappa shape index (κ3) is 13.8. The molecule has 0 aliphatic carbocycles. The van der Waals surface area contributed by atoms with E-state index in [0.717, 1.165) is 5.56 Å². The van der Waals surface area contributed by atoms with Crippen LogP contribution in [0.4, 0.5) is 4.79 Å². The number of aliphatic carboxylic acids is 2. The number of carbonyl (C=O) groups excluding carboxylic acids is 3. The van der Waals surface area contributed by atoms with Gasteiger partial charge >= 0.3 is 18.0 Å². The average Bonchev–Trinajstić information content (AvgIpc) is 2.98. The SMILES string of the molecule is Cc1ccc(S(=O)(=O)NC(N)=NCCC[C@H](NC(=O)[C@@H](CCC(=O)O)NC(=O)OCc2ccccc2)C(=O)NCC(=O)O)cc1. The van der Waals surface area contributed by atoms with Crippen LogP contribution in [0.2, 0.25) is 0 Å². The topological polar surface area (TPSA) is 256 Å². The van der Waals surface area contributed by atoms with Gasteiger partial charge in [0.05, 0.1) is 4.90 Å². The maximum absolute atomic E-state index is 13.1. The lowest BCUT2D eigenvalue weighted by atomic mass is 10.1. The number of nitrogens with two attached hydrogens (primary N) is 1. The molecule has 0 saturated carbocycles. The number of ether oxygens (including phenoxy) is 1. The van der Waals surface area contributed by atoms with Gasteiger partial charge in [0, 0.05) is 13.0 Å². The van der Waals surface area contributed by atoms with Gasteiger partial charge in [0.1, 0.15) is 25.2 Å². The predicted molar refractivity (Wildman–Crippen MR) is 160 cm³/mol. The summed E-state index contributed by atoms with van der Waals surface area (Å²) in [6, 6.07) is 11.9. The number of alkyl carbamates (subject to hydrolysis) is 1. The molecule has 0 aromatic heterocycles. The minimum Gasteiger partial charge on any atom is -0.481 e. The summed E-state index contributed by atoms with van der Waals surface area (Å²) < 4.78 is 32.2. The number of nitrogens with zero attached hydrogens (tertiary/aromatic N) is 1. The summed E-state index contributed by atoms with van der Waals surface area (Å²) >= 11 is 0. The molecule has 17 heteroatoms. The van der Waals surface area contributed by atoms with Gasteiger partial charge in [0.2, 0.25) is 17.8 Å². The van der Waals surface area contributed by atoms with E-state index in [1.165, 1.54) is 12.1 Å². The molecule has 2 rings (SSSR count). The first-order chi connectivity index (χ1) is 21.3. The van der Waals surface area contributed by atoms with Crippen molar-refractivity contribution in [2.75, 3.05) is 13.1 Å². The second-order valence-electron chi connectivity index (χ2n) is 9.69. The molecule has 0 bridgehead atoms. The molecule has 3 amide bonds. The van der Waals surface area contributed by atoms with Gasteiger partial charge in [-0.3, -0.25) is 24.2 Å². The molecular formula is C28H36N6O10S. The van der Waals surface area contributed by atoms with Gasteiger partial charge in [-0.15, -0.1) is 0 Å². The van der Waals surface area contributed by atoms with E-state index in [-0.39, 0.29) is 37.3 Å². The molecule has 0 radical (unpaired) electrons. The van der Waals surface area contributed by atoms with Gasteiger partial charge in [0.15, 0.2) is 0 Å². The van der Waals surface area contributed by atoms with Crippen LogP contribution in [0.1, 0.15) is 36.8 Å². The average molecular weight is 649 g/mol. The molecule has 0 heterocycles. The Labute approximate surface area is 259 Å². The van der Waals surface area contributed by atoms with Crippen molar-refractivity contribution < 1.29 is 47.3 Å². The molecule has 2 aromatic carbocycles. The number of carboxylic acid groups (broad SMARTS) is 2. The maximum atomic E-state index is 13.1. The van der Waals surface area contributed by atoms with E-state index in [4.69, 9.17) is 20.7 Å². The van der Waals surface area contributed by atoms with Gasteiger partial charge in [-0.25, -0.2) is 17.9 Å². The highest BCUT2D eigenvalue weighted by Gasteiger charge is 2.28. The van der Waals surface area contributed by atoms with Crippen LogP contribution < -0.4 is 26.4 Å². The molecule has 0 aliphatic heterocycles. The van der Waals surface area contributed by atoms with E-state index in [9.17, 15) is 32.4 Å². The fraction of sp³-hybridized carbons (Fsp3) is 0.357. The third-order valence-corrected chi connectivity index (χ3v) is 7.39. The number of sulfonamides is 1. The summed E-state index contributed by atoms with van der Waals surface area (Å²) in [4.78, 5) is 64.2. The quantitative estimate of drug-likeness (QED) is 0.0693. The van der Waals surface area contributed by atoms with Crippen molar-refractivity contribution >= 4 is 45.8 Å². The van der Waals surface area contributed by atoms with Crippen molar-refractivity contribution in [2.45, 2.75) is 56.2 Å². The number of carboxylic acids is 2. The number of aliphatic imine (C=N–C) groups is 1. The predicted octanol–water partition coefficient (Wildman–Crippen LogP) is 0.214. The molecule has 0 fully saturated rings. The minimum absolute atomic E-state index is 0.0286. The Balaban J connectivity index is 2.05. The molecule has 0 aliphatic rings. The highest BCUT2D eigenvalue weighted by atomic mass is 32.2. The summed E-state index contributed by atoms with van der Waals surface area (Å²) in [5.41, 5.74) is 7.24. The van der Waals surface area contributed by atoms with Gasteiger partial charge in [0.25, 0.3) is 10.0 Å². The van der Waals surface area contributed by atoms with Crippen molar-refractivity contribution in [3.63, 3.8) is 0 Å². The standard InChI is InChI=1S/C28H36N6O10S/c1-18-9-11-20(12-10-18)45(42,43)34-27(29)30-15-5-8-21(25(39)31-16-24(37)38)32-26(40)22(13-14-23(35)36)33-28(41)44-17-19-6-3-2-4-7-19/h2-4,6-7,9-12,21-22H,5,8,13-17H2,1H3,(H,31,39)(H,32,40)(H,33,41)(H,35,36)(H,37,38)(H3,29,30,34)/t21-,22+/m0/s1. The molecule has 2 aromatic rings. The Kier molecular flexibility index (Phi) is 14.3. The minimum atomic E-state index is -3.99. The Morgan fingerprint density at radius 1 is 0.889 bits per heavy atom.